The predicted octanol–water partition coefficient (Wildman–Crippen LogP) is 5.11. The summed E-state index contributed by atoms with van der Waals surface area (Å²) in [5, 5.41) is 4.51. The zero-order valence-corrected chi connectivity index (χ0v) is 21.9. The number of hydrogen-bond donors (Lipinski definition) is 0. The van der Waals surface area contributed by atoms with Gasteiger partial charge in [-0.1, -0.05) is 17.3 Å². The van der Waals surface area contributed by atoms with E-state index in [0.29, 0.717) is 5.92 Å². The average molecular weight is 474 g/mol. The number of aryl methyl sites for hydroxylation is 1. The van der Waals surface area contributed by atoms with E-state index < -0.39 is 5.60 Å². The molecule has 1 amide bonds. The van der Waals surface area contributed by atoms with Crippen LogP contribution < -0.4 is 0 Å². The van der Waals surface area contributed by atoms with Crippen molar-refractivity contribution < 1.29 is 18.8 Å². The molecule has 2 unspecified atom stereocenters. The maximum absolute atomic E-state index is 12.3. The Kier molecular flexibility index (Phi) is 7.44. The zero-order valence-electron chi connectivity index (χ0n) is 21.9. The number of fused-ring (bicyclic) bond motifs is 1. The zero-order chi connectivity index (χ0) is 24.5. The summed E-state index contributed by atoms with van der Waals surface area (Å²) in [6, 6.07) is 0. The van der Waals surface area contributed by atoms with E-state index in [9.17, 15) is 4.79 Å². The molecule has 190 valence electrons. The molecule has 1 aromatic rings. The summed E-state index contributed by atoms with van der Waals surface area (Å²) in [5.41, 5.74) is 1.38. The normalized spacial score (nSPS) is 25.6. The number of rotatable bonds is 8. The molecule has 7 heteroatoms. The van der Waals surface area contributed by atoms with Crippen LogP contribution in [-0.2, 0) is 15.9 Å². The van der Waals surface area contributed by atoms with E-state index in [1.807, 2.05) is 25.7 Å². The monoisotopic (exact) mass is 473 g/mol. The largest absolute Gasteiger partial charge is 0.444 e. The van der Waals surface area contributed by atoms with Crippen molar-refractivity contribution in [3.63, 3.8) is 0 Å². The molecule has 4 rings (SSSR count). The van der Waals surface area contributed by atoms with Gasteiger partial charge < -0.3 is 23.8 Å². The molecule has 7 nitrogen and oxygen atoms in total. The molecule has 0 aromatic carbocycles. The van der Waals surface area contributed by atoms with Crippen LogP contribution >= 0.6 is 0 Å². The van der Waals surface area contributed by atoms with Gasteiger partial charge in [0.2, 0.25) is 0 Å². The van der Waals surface area contributed by atoms with E-state index in [4.69, 9.17) is 14.0 Å². The number of carbonyl (C=O) groups excluding carboxylic acids is 1. The smallest absolute Gasteiger partial charge is 0.410 e. The Morgan fingerprint density at radius 2 is 1.91 bits per heavy atom. The number of piperidine rings is 1. The number of ether oxygens (including phenoxy) is 2. The predicted molar refractivity (Wildman–Crippen MR) is 133 cm³/mol. The lowest BCUT2D eigenvalue weighted by atomic mass is 9.79. The van der Waals surface area contributed by atoms with Crippen LogP contribution in [0.2, 0.25) is 0 Å². The summed E-state index contributed by atoms with van der Waals surface area (Å²) in [5.74, 6) is 2.39. The molecule has 34 heavy (non-hydrogen) atoms. The number of carbonyl (C=O) groups is 1. The van der Waals surface area contributed by atoms with Crippen molar-refractivity contribution in [1.29, 1.82) is 0 Å². The maximum atomic E-state index is 12.3. The average Bonchev–Trinajstić information content (AvgIpc) is 3.50. The Labute approximate surface area is 204 Å². The maximum Gasteiger partial charge on any atom is 0.410 e. The Morgan fingerprint density at radius 3 is 2.53 bits per heavy atom. The van der Waals surface area contributed by atoms with Gasteiger partial charge in [-0.3, -0.25) is 0 Å². The van der Waals surface area contributed by atoms with Gasteiger partial charge in [0.05, 0.1) is 23.8 Å². The summed E-state index contributed by atoms with van der Waals surface area (Å²) >= 11 is 0. The first kappa shape index (κ1) is 25.2. The van der Waals surface area contributed by atoms with Gasteiger partial charge in [-0.2, -0.15) is 0 Å². The van der Waals surface area contributed by atoms with E-state index in [1.54, 1.807) is 0 Å². The highest BCUT2D eigenvalue weighted by atomic mass is 16.6. The van der Waals surface area contributed by atoms with Crippen LogP contribution in [0, 0.1) is 11.8 Å². The Bertz CT molecular complexity index is 875. The summed E-state index contributed by atoms with van der Waals surface area (Å²) in [7, 11) is 4.19. The van der Waals surface area contributed by atoms with Crippen LogP contribution in [0.3, 0.4) is 0 Å². The standard InChI is InChI=1S/C27H43N3O4/c1-26(2,3)33-25(31)30-15-12-19(13-16-30)9-10-23-21-11-14-27(4,32-18-20-7-8-20)22(17-29(5)6)24(21)34-28-23/h11,14,19-20,22H,7-10,12-13,15-18H2,1-6H3. The minimum atomic E-state index is -0.447. The molecular formula is C27H43N3O4. The van der Waals surface area contributed by atoms with Crippen LogP contribution in [0.25, 0.3) is 6.08 Å². The van der Waals surface area contributed by atoms with Gasteiger partial charge in [-0.25, -0.2) is 4.79 Å². The molecular weight excluding hydrogens is 430 g/mol. The van der Waals surface area contributed by atoms with E-state index in [1.165, 1.54) is 12.8 Å². The van der Waals surface area contributed by atoms with Gasteiger partial charge >= 0.3 is 6.09 Å². The molecule has 0 bridgehead atoms. The first-order valence-corrected chi connectivity index (χ1v) is 13.0. The first-order valence-electron chi connectivity index (χ1n) is 13.0. The number of aromatic nitrogens is 1. The van der Waals surface area contributed by atoms with Crippen LogP contribution in [0.15, 0.2) is 10.6 Å². The van der Waals surface area contributed by atoms with Gasteiger partial charge in [0.15, 0.2) is 5.76 Å². The van der Waals surface area contributed by atoms with Crippen molar-refractivity contribution in [3.8, 4) is 0 Å². The van der Waals surface area contributed by atoms with Crippen molar-refractivity contribution in [3.05, 3.63) is 23.1 Å². The third-order valence-corrected chi connectivity index (χ3v) is 7.35. The Balaban J connectivity index is 1.35. The number of likely N-dealkylation sites (tertiary alicyclic amines) is 1. The SMILES string of the molecule is CN(C)CC1c2onc(CCC3CCN(C(=O)OC(C)(C)C)CC3)c2C=CC1(C)OCC1CC1. The van der Waals surface area contributed by atoms with Crippen molar-refractivity contribution in [1.82, 2.24) is 15.0 Å². The van der Waals surface area contributed by atoms with Gasteiger partial charge in [0.25, 0.3) is 0 Å². The van der Waals surface area contributed by atoms with Gasteiger partial charge in [-0.15, -0.1) is 0 Å². The van der Waals surface area contributed by atoms with Crippen molar-refractivity contribution in [2.24, 2.45) is 11.8 Å². The lowest BCUT2D eigenvalue weighted by molar-refractivity contribution is -0.0313. The lowest BCUT2D eigenvalue weighted by Gasteiger charge is -2.38. The molecule has 2 heterocycles. The van der Waals surface area contributed by atoms with Crippen molar-refractivity contribution in [2.75, 3.05) is 40.3 Å². The second kappa shape index (κ2) is 10.0. The number of likely N-dealkylation sites (N-methyl/N-ethyl adjacent to an activating group) is 1. The second-order valence-corrected chi connectivity index (χ2v) is 11.9. The molecule has 0 radical (unpaired) electrons. The highest BCUT2D eigenvalue weighted by Gasteiger charge is 2.43. The Hall–Kier alpha value is -1.86. The molecule has 1 aliphatic heterocycles. The minimum Gasteiger partial charge on any atom is -0.444 e. The number of amides is 1. The summed E-state index contributed by atoms with van der Waals surface area (Å²) in [6.07, 6.45) is 10.7. The molecule has 2 atom stereocenters. The summed E-state index contributed by atoms with van der Waals surface area (Å²) < 4.78 is 17.9. The Morgan fingerprint density at radius 1 is 1.21 bits per heavy atom. The fourth-order valence-electron chi connectivity index (χ4n) is 5.01. The third kappa shape index (κ3) is 6.22. The quantitative estimate of drug-likeness (QED) is 0.523. The molecule has 0 N–H and O–H groups in total. The first-order chi connectivity index (χ1) is 16.0. The molecule has 3 aliphatic rings. The number of nitrogens with zero attached hydrogens (tertiary/aromatic N) is 3. The van der Waals surface area contributed by atoms with E-state index in [-0.39, 0.29) is 17.6 Å². The van der Waals surface area contributed by atoms with Gasteiger partial charge in [0.1, 0.15) is 5.60 Å². The second-order valence-electron chi connectivity index (χ2n) is 11.9. The van der Waals surface area contributed by atoms with Crippen LogP contribution in [0.4, 0.5) is 4.79 Å². The minimum absolute atomic E-state index is 0.125. The number of hydrogen-bond acceptors (Lipinski definition) is 6. The third-order valence-electron chi connectivity index (χ3n) is 7.35. The molecule has 1 saturated heterocycles. The van der Waals surface area contributed by atoms with Crippen LogP contribution in [0.1, 0.15) is 82.7 Å². The van der Waals surface area contributed by atoms with Crippen molar-refractivity contribution in [2.45, 2.75) is 83.3 Å². The summed E-state index contributed by atoms with van der Waals surface area (Å²) in [6.45, 7) is 11.1. The van der Waals surface area contributed by atoms with Crippen LogP contribution in [0.5, 0.6) is 0 Å². The fraction of sp³-hybridized carbons (Fsp3) is 0.778. The fourth-order valence-corrected chi connectivity index (χ4v) is 5.01. The lowest BCUT2D eigenvalue weighted by Crippen LogP contribution is -2.42. The topological polar surface area (TPSA) is 68.0 Å². The van der Waals surface area contributed by atoms with E-state index >= 15 is 0 Å². The molecule has 1 aromatic heterocycles. The molecule has 0 spiro atoms. The van der Waals surface area contributed by atoms with E-state index in [2.05, 4.69) is 43.2 Å². The van der Waals surface area contributed by atoms with Gasteiger partial charge in [0, 0.05) is 25.2 Å². The van der Waals surface area contributed by atoms with Crippen molar-refractivity contribution >= 4 is 12.2 Å². The van der Waals surface area contributed by atoms with Crippen LogP contribution in [-0.4, -0.2) is 72.6 Å². The van der Waals surface area contributed by atoms with Gasteiger partial charge in [-0.05, 0) is 92.2 Å². The molecule has 2 fully saturated rings. The molecule has 2 aliphatic carbocycles. The highest BCUT2D eigenvalue weighted by Crippen LogP contribution is 2.43. The molecule has 1 saturated carbocycles. The highest BCUT2D eigenvalue weighted by molar-refractivity contribution is 5.68. The van der Waals surface area contributed by atoms with E-state index in [0.717, 1.165) is 74.9 Å². The summed E-state index contributed by atoms with van der Waals surface area (Å²) in [4.78, 5) is 16.4.